The van der Waals surface area contributed by atoms with Crippen LogP contribution in [0.25, 0.3) is 0 Å². The number of rotatable bonds is 5. The zero-order valence-corrected chi connectivity index (χ0v) is 9.06. The Morgan fingerprint density at radius 1 is 1.67 bits per heavy atom. The number of hydrogen-bond acceptors (Lipinski definition) is 4. The van der Waals surface area contributed by atoms with Crippen molar-refractivity contribution >= 4 is 5.78 Å². The van der Waals surface area contributed by atoms with Gasteiger partial charge in [0.05, 0.1) is 7.11 Å². The van der Waals surface area contributed by atoms with E-state index < -0.39 is 0 Å². The van der Waals surface area contributed by atoms with Crippen molar-refractivity contribution in [1.82, 2.24) is 4.98 Å². The number of nitrogens with zero attached hydrogens (tertiary/aromatic N) is 1. The van der Waals surface area contributed by atoms with Crippen LogP contribution < -0.4 is 10.5 Å². The van der Waals surface area contributed by atoms with Gasteiger partial charge in [0.2, 0.25) is 0 Å². The third kappa shape index (κ3) is 3.02. The van der Waals surface area contributed by atoms with Crippen LogP contribution in [0.15, 0.2) is 18.3 Å². The molecule has 0 aliphatic carbocycles. The van der Waals surface area contributed by atoms with E-state index in [4.69, 9.17) is 10.5 Å². The Bertz CT molecular complexity index is 339. The number of ether oxygens (including phenoxy) is 1. The topological polar surface area (TPSA) is 65.2 Å². The molecular formula is C11H16N2O2. The monoisotopic (exact) mass is 208 g/mol. The van der Waals surface area contributed by atoms with Crippen molar-refractivity contribution in [3.8, 4) is 5.75 Å². The molecule has 0 radical (unpaired) electrons. The van der Waals surface area contributed by atoms with Gasteiger partial charge in [0, 0.05) is 18.7 Å². The lowest BCUT2D eigenvalue weighted by molar-refractivity contribution is 0.0966. The van der Waals surface area contributed by atoms with Crippen molar-refractivity contribution in [2.45, 2.75) is 25.8 Å². The number of nitrogens with two attached hydrogens (primary N) is 1. The fraction of sp³-hybridized carbons (Fsp3) is 0.455. The van der Waals surface area contributed by atoms with Gasteiger partial charge in [-0.1, -0.05) is 6.92 Å². The number of aromatic nitrogens is 1. The minimum Gasteiger partial charge on any atom is -0.494 e. The second-order valence-electron chi connectivity index (χ2n) is 3.35. The van der Waals surface area contributed by atoms with Crippen LogP contribution in [0.1, 0.15) is 30.3 Å². The predicted octanol–water partition coefficient (Wildman–Crippen LogP) is 1.40. The summed E-state index contributed by atoms with van der Waals surface area (Å²) in [5.41, 5.74) is 6.08. The predicted molar refractivity (Wildman–Crippen MR) is 58.0 cm³/mol. The van der Waals surface area contributed by atoms with E-state index in [1.54, 1.807) is 18.3 Å². The minimum atomic E-state index is -0.107. The number of pyridine rings is 1. The van der Waals surface area contributed by atoms with Gasteiger partial charge < -0.3 is 10.5 Å². The van der Waals surface area contributed by atoms with Gasteiger partial charge in [-0.05, 0) is 18.6 Å². The van der Waals surface area contributed by atoms with Gasteiger partial charge in [0.25, 0.3) is 0 Å². The Hall–Kier alpha value is -1.42. The maximum Gasteiger partial charge on any atom is 0.186 e. The Morgan fingerprint density at radius 2 is 2.40 bits per heavy atom. The molecule has 15 heavy (non-hydrogen) atoms. The molecule has 4 heteroatoms. The van der Waals surface area contributed by atoms with Gasteiger partial charge in [0.15, 0.2) is 5.78 Å². The summed E-state index contributed by atoms with van der Waals surface area (Å²) < 4.78 is 5.06. The molecule has 0 aromatic carbocycles. The highest BCUT2D eigenvalue weighted by Crippen LogP contribution is 2.16. The van der Waals surface area contributed by atoms with Crippen LogP contribution in [0.3, 0.4) is 0 Å². The quantitative estimate of drug-likeness (QED) is 0.743. The maximum atomic E-state index is 11.8. The van der Waals surface area contributed by atoms with Crippen molar-refractivity contribution in [1.29, 1.82) is 0 Å². The Balaban J connectivity index is 2.81. The van der Waals surface area contributed by atoms with E-state index in [9.17, 15) is 4.79 Å². The summed E-state index contributed by atoms with van der Waals surface area (Å²) in [6.07, 6.45) is 2.66. The first kappa shape index (κ1) is 11.7. The van der Waals surface area contributed by atoms with Crippen molar-refractivity contribution < 1.29 is 9.53 Å². The number of hydrogen-bond donors (Lipinski definition) is 1. The van der Waals surface area contributed by atoms with E-state index in [2.05, 4.69) is 4.98 Å². The molecule has 0 fully saturated rings. The lowest BCUT2D eigenvalue weighted by Gasteiger charge is -2.09. The Morgan fingerprint density at radius 3 is 3.00 bits per heavy atom. The normalized spacial score (nSPS) is 12.2. The lowest BCUT2D eigenvalue weighted by Crippen LogP contribution is -2.23. The molecule has 1 rings (SSSR count). The van der Waals surface area contributed by atoms with E-state index in [-0.39, 0.29) is 11.8 Å². The first-order chi connectivity index (χ1) is 7.19. The van der Waals surface area contributed by atoms with Crippen LogP contribution >= 0.6 is 0 Å². The molecule has 1 unspecified atom stereocenters. The number of carbonyl (C=O) groups excluding carboxylic acids is 1. The van der Waals surface area contributed by atoms with Crippen molar-refractivity contribution in [3.05, 3.63) is 24.0 Å². The summed E-state index contributed by atoms with van der Waals surface area (Å²) in [7, 11) is 1.52. The fourth-order valence-electron chi connectivity index (χ4n) is 1.24. The molecule has 2 N–H and O–H groups in total. The first-order valence-electron chi connectivity index (χ1n) is 4.96. The van der Waals surface area contributed by atoms with Crippen molar-refractivity contribution in [3.63, 3.8) is 0 Å². The second kappa shape index (κ2) is 5.46. The maximum absolute atomic E-state index is 11.8. The van der Waals surface area contributed by atoms with Crippen LogP contribution in [-0.2, 0) is 0 Å². The highest BCUT2D eigenvalue weighted by Gasteiger charge is 2.15. The molecule has 1 atom stereocenters. The Labute approximate surface area is 89.5 Å². The molecule has 4 nitrogen and oxygen atoms in total. The molecule has 0 saturated carbocycles. The van der Waals surface area contributed by atoms with Crippen LogP contribution in [0.2, 0.25) is 0 Å². The average Bonchev–Trinajstić information content (AvgIpc) is 2.28. The highest BCUT2D eigenvalue weighted by molar-refractivity contribution is 5.97. The van der Waals surface area contributed by atoms with Crippen LogP contribution in [0.5, 0.6) is 5.75 Å². The summed E-state index contributed by atoms with van der Waals surface area (Å²) in [4.78, 5) is 15.8. The van der Waals surface area contributed by atoms with E-state index in [0.29, 0.717) is 17.9 Å². The second-order valence-corrected chi connectivity index (χ2v) is 3.35. The third-order valence-corrected chi connectivity index (χ3v) is 2.23. The molecule has 1 heterocycles. The average molecular weight is 208 g/mol. The van der Waals surface area contributed by atoms with Gasteiger partial charge in [-0.25, -0.2) is 4.98 Å². The number of methoxy groups -OCH3 is 1. The van der Waals surface area contributed by atoms with Crippen LogP contribution in [-0.4, -0.2) is 23.9 Å². The van der Waals surface area contributed by atoms with E-state index >= 15 is 0 Å². The molecular weight excluding hydrogens is 192 g/mol. The molecule has 1 aromatic heterocycles. The van der Waals surface area contributed by atoms with Gasteiger partial charge in [0.1, 0.15) is 11.4 Å². The van der Waals surface area contributed by atoms with E-state index in [1.165, 1.54) is 7.11 Å². The molecule has 0 spiro atoms. The van der Waals surface area contributed by atoms with E-state index in [1.807, 2.05) is 6.92 Å². The van der Waals surface area contributed by atoms with Crippen LogP contribution in [0.4, 0.5) is 0 Å². The molecule has 0 amide bonds. The standard InChI is InChI=1S/C11H16N2O2/c1-3-8(12)7-9(14)11-10(15-2)5-4-6-13-11/h4-6,8H,3,7,12H2,1-2H3. The van der Waals surface area contributed by atoms with E-state index in [0.717, 1.165) is 6.42 Å². The van der Waals surface area contributed by atoms with Gasteiger partial charge in [-0.3, -0.25) is 4.79 Å². The lowest BCUT2D eigenvalue weighted by atomic mass is 10.1. The SMILES string of the molecule is CCC(N)CC(=O)c1ncccc1OC. The Kier molecular flexibility index (Phi) is 4.24. The molecule has 1 aromatic rings. The van der Waals surface area contributed by atoms with Crippen molar-refractivity contribution in [2.24, 2.45) is 5.73 Å². The number of ketones is 1. The summed E-state index contributed by atoms with van der Waals surface area (Å²) in [5, 5.41) is 0. The first-order valence-corrected chi connectivity index (χ1v) is 4.96. The summed E-state index contributed by atoms with van der Waals surface area (Å²) in [6.45, 7) is 1.95. The largest absolute Gasteiger partial charge is 0.494 e. The fourth-order valence-corrected chi connectivity index (χ4v) is 1.24. The summed E-state index contributed by atoms with van der Waals surface area (Å²) in [6, 6.07) is 3.34. The molecule has 82 valence electrons. The third-order valence-electron chi connectivity index (χ3n) is 2.23. The van der Waals surface area contributed by atoms with Gasteiger partial charge >= 0.3 is 0 Å². The van der Waals surface area contributed by atoms with Gasteiger partial charge in [-0.2, -0.15) is 0 Å². The number of Topliss-reactive ketones (excluding diaryl/α,β-unsaturated/α-hetero) is 1. The molecule has 0 saturated heterocycles. The molecule has 0 aliphatic rings. The summed E-state index contributed by atoms with van der Waals surface area (Å²) in [5.74, 6) is 0.438. The number of carbonyl (C=O) groups is 1. The molecule has 0 aliphatic heterocycles. The zero-order valence-electron chi connectivity index (χ0n) is 9.06. The highest BCUT2D eigenvalue weighted by atomic mass is 16.5. The zero-order chi connectivity index (χ0) is 11.3. The molecule has 0 bridgehead atoms. The smallest absolute Gasteiger partial charge is 0.186 e. The van der Waals surface area contributed by atoms with Crippen molar-refractivity contribution in [2.75, 3.05) is 7.11 Å². The van der Waals surface area contributed by atoms with Gasteiger partial charge in [-0.15, -0.1) is 0 Å². The minimum absolute atomic E-state index is 0.0678. The van der Waals surface area contributed by atoms with Crippen LogP contribution in [0, 0.1) is 0 Å². The summed E-state index contributed by atoms with van der Waals surface area (Å²) >= 11 is 0.